The Morgan fingerprint density at radius 3 is 2.53 bits per heavy atom. The predicted octanol–water partition coefficient (Wildman–Crippen LogP) is 3.89. The average molecular weight is 464 g/mol. The van der Waals surface area contributed by atoms with Gasteiger partial charge >= 0.3 is 7.82 Å². The van der Waals surface area contributed by atoms with Crippen LogP contribution < -0.4 is 10.9 Å². The number of ether oxygens (including phenoxy) is 1. The average Bonchev–Trinajstić information content (AvgIpc) is 3.20. The highest BCUT2D eigenvalue weighted by atomic mass is 31.2. The molecule has 1 amide bonds. The third kappa shape index (κ3) is 9.10. The van der Waals surface area contributed by atoms with Crippen molar-refractivity contribution in [3.63, 3.8) is 0 Å². The Labute approximate surface area is 189 Å². The van der Waals surface area contributed by atoms with Crippen LogP contribution in [0.25, 0.3) is 0 Å². The summed E-state index contributed by atoms with van der Waals surface area (Å²) >= 11 is 0. The van der Waals surface area contributed by atoms with E-state index >= 15 is 0 Å². The lowest BCUT2D eigenvalue weighted by Gasteiger charge is -2.17. The van der Waals surface area contributed by atoms with Crippen LogP contribution in [0.15, 0.2) is 54.6 Å². The van der Waals surface area contributed by atoms with E-state index in [4.69, 9.17) is 19.0 Å². The van der Waals surface area contributed by atoms with Gasteiger partial charge in [0.15, 0.2) is 0 Å². The Morgan fingerprint density at radius 1 is 1.03 bits per heavy atom. The van der Waals surface area contributed by atoms with E-state index in [1.165, 1.54) is 5.56 Å². The smallest absolute Gasteiger partial charge is 0.469 e. The van der Waals surface area contributed by atoms with Gasteiger partial charge in [-0.3, -0.25) is 9.32 Å². The second kappa shape index (κ2) is 12.7. The third-order valence-electron chi connectivity index (χ3n) is 5.28. The van der Waals surface area contributed by atoms with Crippen LogP contribution in [-0.2, 0) is 26.7 Å². The highest BCUT2D eigenvalue weighted by molar-refractivity contribution is 7.46. The van der Waals surface area contributed by atoms with Crippen LogP contribution in [0.4, 0.5) is 0 Å². The molecule has 0 aliphatic carbocycles. The number of unbranched alkanes of at least 4 members (excludes halogenated alkanes) is 1. The highest BCUT2D eigenvalue weighted by Crippen LogP contribution is 2.39. The molecular formula is C23H33N2O6P. The molecule has 0 saturated carbocycles. The first-order chi connectivity index (χ1) is 14.9. The van der Waals surface area contributed by atoms with E-state index in [2.05, 4.69) is 24.3 Å². The lowest BCUT2D eigenvalue weighted by atomic mass is 10.1. The monoisotopic (exact) mass is 464 g/mol. The van der Waals surface area contributed by atoms with Gasteiger partial charge in [0.2, 0.25) is 5.91 Å². The summed E-state index contributed by atoms with van der Waals surface area (Å²) in [5.41, 5.74) is 2.36. The molecule has 0 spiro atoms. The SMILES string of the molecule is N.O=C(CCc1cccc(OCCCCc2ccccc2)c1)N1CCC(OP(=O)(O)O)C1. The minimum absolute atomic E-state index is 0. The normalized spacial score (nSPS) is 15.9. The Hall–Kier alpha value is -2.22. The molecule has 1 aliphatic heterocycles. The standard InChI is InChI=1S/C23H30NO6P.H3N/c25-23(24-15-14-22(18-24)30-31(26,27)28)13-12-20-10-6-11-21(17-20)29-16-5-4-9-19-7-2-1-3-8-19;/h1-3,6-8,10-11,17,22H,4-5,9,12-16,18H2,(H2,26,27,28);1H3. The predicted molar refractivity (Wildman–Crippen MR) is 123 cm³/mol. The second-order valence-electron chi connectivity index (χ2n) is 7.78. The number of amides is 1. The number of carbonyl (C=O) groups is 1. The summed E-state index contributed by atoms with van der Waals surface area (Å²) < 4.78 is 21.5. The van der Waals surface area contributed by atoms with E-state index in [9.17, 15) is 9.36 Å². The number of phosphoric acid groups is 1. The fourth-order valence-corrected chi connectivity index (χ4v) is 4.26. The first kappa shape index (κ1) is 26.0. The third-order valence-corrected chi connectivity index (χ3v) is 5.85. The van der Waals surface area contributed by atoms with Gasteiger partial charge < -0.3 is 25.6 Å². The number of rotatable bonds is 11. The Kier molecular flexibility index (Phi) is 10.4. The molecule has 0 aromatic heterocycles. The molecule has 1 atom stereocenters. The zero-order valence-electron chi connectivity index (χ0n) is 18.3. The summed E-state index contributed by atoms with van der Waals surface area (Å²) in [4.78, 5) is 31.8. The summed E-state index contributed by atoms with van der Waals surface area (Å²) in [5.74, 6) is 0.769. The number of nitrogens with zero attached hydrogens (tertiary/aromatic N) is 1. The molecule has 2 aromatic carbocycles. The van der Waals surface area contributed by atoms with Gasteiger partial charge in [0, 0.05) is 19.5 Å². The van der Waals surface area contributed by atoms with Gasteiger partial charge in [-0.25, -0.2) is 4.57 Å². The van der Waals surface area contributed by atoms with Crippen LogP contribution >= 0.6 is 7.82 Å². The van der Waals surface area contributed by atoms with Crippen LogP contribution in [0, 0.1) is 0 Å². The molecule has 1 fully saturated rings. The van der Waals surface area contributed by atoms with Crippen molar-refractivity contribution >= 4 is 13.7 Å². The molecule has 3 rings (SSSR count). The van der Waals surface area contributed by atoms with Gasteiger partial charge in [0.25, 0.3) is 0 Å². The number of aryl methyl sites for hydroxylation is 2. The first-order valence-corrected chi connectivity index (χ1v) is 12.2. The van der Waals surface area contributed by atoms with Crippen molar-refractivity contribution < 1.29 is 28.4 Å². The molecule has 1 unspecified atom stereocenters. The Balaban J connectivity index is 0.00000363. The quantitative estimate of drug-likeness (QED) is 0.339. The number of benzene rings is 2. The van der Waals surface area contributed by atoms with Crippen molar-refractivity contribution in [2.75, 3.05) is 19.7 Å². The lowest BCUT2D eigenvalue weighted by Crippen LogP contribution is -2.30. The van der Waals surface area contributed by atoms with Crippen molar-refractivity contribution in [3.05, 3.63) is 65.7 Å². The van der Waals surface area contributed by atoms with Crippen LogP contribution in [0.2, 0.25) is 0 Å². The largest absolute Gasteiger partial charge is 0.494 e. The molecule has 8 nitrogen and oxygen atoms in total. The van der Waals surface area contributed by atoms with E-state index in [0.717, 1.165) is 30.6 Å². The van der Waals surface area contributed by atoms with E-state index in [0.29, 0.717) is 32.4 Å². The number of hydrogen-bond acceptors (Lipinski definition) is 5. The molecule has 2 aromatic rings. The number of likely N-dealkylation sites (tertiary alicyclic amines) is 1. The molecule has 5 N–H and O–H groups in total. The maximum atomic E-state index is 12.4. The van der Waals surface area contributed by atoms with E-state index in [-0.39, 0.29) is 18.6 Å². The van der Waals surface area contributed by atoms with Gasteiger partial charge in [0.1, 0.15) is 5.75 Å². The lowest BCUT2D eigenvalue weighted by molar-refractivity contribution is -0.130. The summed E-state index contributed by atoms with van der Waals surface area (Å²) in [5, 5.41) is 0. The van der Waals surface area contributed by atoms with Crippen molar-refractivity contribution in [2.45, 2.75) is 44.6 Å². The molecule has 176 valence electrons. The second-order valence-corrected chi connectivity index (χ2v) is 8.98. The topological polar surface area (TPSA) is 131 Å². The fourth-order valence-electron chi connectivity index (χ4n) is 3.70. The number of carbonyl (C=O) groups excluding carboxylic acids is 1. The first-order valence-electron chi connectivity index (χ1n) is 10.7. The minimum atomic E-state index is -4.52. The van der Waals surface area contributed by atoms with Crippen molar-refractivity contribution in [1.29, 1.82) is 0 Å². The van der Waals surface area contributed by atoms with Crippen molar-refractivity contribution in [2.24, 2.45) is 0 Å². The zero-order chi connectivity index (χ0) is 22.1. The Bertz CT molecular complexity index is 889. The van der Waals surface area contributed by atoms with Crippen LogP contribution in [0.3, 0.4) is 0 Å². The zero-order valence-corrected chi connectivity index (χ0v) is 19.2. The van der Waals surface area contributed by atoms with E-state index in [1.807, 2.05) is 30.3 Å². The maximum Gasteiger partial charge on any atom is 0.469 e. The molecule has 1 heterocycles. The highest BCUT2D eigenvalue weighted by Gasteiger charge is 2.31. The molecule has 0 bridgehead atoms. The molecular weight excluding hydrogens is 431 g/mol. The number of hydrogen-bond donors (Lipinski definition) is 3. The van der Waals surface area contributed by atoms with Crippen LogP contribution in [0.1, 0.15) is 36.8 Å². The van der Waals surface area contributed by atoms with Gasteiger partial charge in [-0.05, 0) is 55.4 Å². The van der Waals surface area contributed by atoms with E-state index in [1.54, 1.807) is 4.90 Å². The van der Waals surface area contributed by atoms with Crippen molar-refractivity contribution in [3.8, 4) is 5.75 Å². The van der Waals surface area contributed by atoms with Crippen LogP contribution in [0.5, 0.6) is 5.75 Å². The van der Waals surface area contributed by atoms with Gasteiger partial charge in [-0.2, -0.15) is 0 Å². The summed E-state index contributed by atoms with van der Waals surface area (Å²) in [6, 6.07) is 18.2. The molecule has 32 heavy (non-hydrogen) atoms. The molecule has 9 heteroatoms. The summed E-state index contributed by atoms with van der Waals surface area (Å²) in [7, 11) is -4.52. The van der Waals surface area contributed by atoms with Gasteiger partial charge in [-0.15, -0.1) is 0 Å². The molecule has 1 saturated heterocycles. The molecule has 1 aliphatic rings. The van der Waals surface area contributed by atoms with Crippen LogP contribution in [-0.4, -0.2) is 46.4 Å². The summed E-state index contributed by atoms with van der Waals surface area (Å²) in [6.45, 7) is 1.33. The van der Waals surface area contributed by atoms with Gasteiger partial charge in [0.05, 0.1) is 12.7 Å². The minimum Gasteiger partial charge on any atom is -0.494 e. The number of phosphoric ester groups is 1. The summed E-state index contributed by atoms with van der Waals surface area (Å²) in [6.07, 6.45) is 3.84. The fraction of sp³-hybridized carbons (Fsp3) is 0.435. The molecule has 0 radical (unpaired) electrons. The van der Waals surface area contributed by atoms with Gasteiger partial charge in [-0.1, -0.05) is 42.5 Å². The maximum absolute atomic E-state index is 12.4. The Morgan fingerprint density at radius 2 is 1.78 bits per heavy atom. The van der Waals surface area contributed by atoms with E-state index < -0.39 is 13.9 Å². The van der Waals surface area contributed by atoms with Crippen molar-refractivity contribution in [1.82, 2.24) is 11.1 Å².